The van der Waals surface area contributed by atoms with Crippen molar-refractivity contribution >= 4 is 0 Å². The van der Waals surface area contributed by atoms with Crippen LogP contribution in [0.4, 0.5) is 0 Å². The molecule has 0 radical (unpaired) electrons. The molecule has 2 rings (SSSR count). The van der Waals surface area contributed by atoms with Gasteiger partial charge in [0.25, 0.3) is 0 Å². The molecule has 0 aromatic rings. The topological polar surface area (TPSA) is 12.5 Å². The van der Waals surface area contributed by atoms with E-state index in [4.69, 9.17) is 4.74 Å². The molecule has 96 valence electrons. The van der Waals surface area contributed by atoms with Gasteiger partial charge in [-0.1, -0.05) is 46.0 Å². The predicted octanol–water partition coefficient (Wildman–Crippen LogP) is 3.46. The summed E-state index contributed by atoms with van der Waals surface area (Å²) >= 11 is 0. The number of hydrogen-bond acceptors (Lipinski definition) is 2. The Bertz CT molecular complexity index is 131. The van der Waals surface area contributed by atoms with Crippen molar-refractivity contribution in [2.75, 3.05) is 26.3 Å². The Labute approximate surface area is 101 Å². The molecule has 1 saturated carbocycles. The second-order valence-corrected chi connectivity index (χ2v) is 4.94. The molecular weight excluding hydrogens is 198 g/mol. The van der Waals surface area contributed by atoms with Crippen LogP contribution in [0.2, 0.25) is 0 Å². The lowest BCUT2D eigenvalue weighted by Gasteiger charge is -2.36. The molecular formula is C14H29NO. The van der Waals surface area contributed by atoms with Crippen LogP contribution in [0.1, 0.15) is 58.8 Å². The Morgan fingerprint density at radius 2 is 1.50 bits per heavy atom. The summed E-state index contributed by atoms with van der Waals surface area (Å²) < 4.78 is 5.35. The Morgan fingerprint density at radius 1 is 0.938 bits per heavy atom. The Kier molecular flexibility index (Phi) is 7.87. The lowest BCUT2D eigenvalue weighted by atomic mass is 9.94. The highest BCUT2D eigenvalue weighted by Gasteiger charge is 2.22. The Hall–Kier alpha value is -0.0800. The molecule has 16 heavy (non-hydrogen) atoms. The quantitative estimate of drug-likeness (QED) is 0.716. The fraction of sp³-hybridized carbons (Fsp3) is 1.00. The summed E-state index contributed by atoms with van der Waals surface area (Å²) in [5, 5.41) is 0. The summed E-state index contributed by atoms with van der Waals surface area (Å²) in [5.41, 5.74) is 0. The van der Waals surface area contributed by atoms with Crippen LogP contribution in [0.15, 0.2) is 0 Å². The molecule has 0 spiro atoms. The van der Waals surface area contributed by atoms with E-state index in [0.717, 1.165) is 19.3 Å². The standard InChI is InChI=1S/C10H19NO.C4H10/c1-2-4-10(5-3-1)11-6-8-12-9-7-11;1-3-4-2/h10H,1-9H2;3-4H2,1-2H3. The van der Waals surface area contributed by atoms with E-state index in [1.807, 2.05) is 0 Å². The summed E-state index contributed by atoms with van der Waals surface area (Å²) in [6.45, 7) is 8.61. The molecule has 1 aliphatic carbocycles. The van der Waals surface area contributed by atoms with Crippen molar-refractivity contribution in [3.05, 3.63) is 0 Å². The molecule has 0 aromatic carbocycles. The second kappa shape index (κ2) is 9.00. The van der Waals surface area contributed by atoms with Gasteiger partial charge < -0.3 is 4.74 Å². The number of morpholine rings is 1. The average Bonchev–Trinajstić information content (AvgIpc) is 2.41. The smallest absolute Gasteiger partial charge is 0.0594 e. The van der Waals surface area contributed by atoms with E-state index in [9.17, 15) is 0 Å². The van der Waals surface area contributed by atoms with E-state index < -0.39 is 0 Å². The molecule has 0 N–H and O–H groups in total. The zero-order chi connectivity index (χ0) is 11.6. The van der Waals surface area contributed by atoms with Crippen LogP contribution in [0.3, 0.4) is 0 Å². The molecule has 2 aliphatic rings. The third-order valence-corrected chi connectivity index (χ3v) is 3.64. The van der Waals surface area contributed by atoms with Crippen molar-refractivity contribution in [2.45, 2.75) is 64.8 Å². The molecule has 2 nitrogen and oxygen atoms in total. The van der Waals surface area contributed by atoms with E-state index in [1.165, 1.54) is 58.0 Å². The lowest BCUT2D eigenvalue weighted by molar-refractivity contribution is 0.00858. The second-order valence-electron chi connectivity index (χ2n) is 4.94. The van der Waals surface area contributed by atoms with Crippen molar-refractivity contribution in [3.63, 3.8) is 0 Å². The molecule has 0 bridgehead atoms. The lowest BCUT2D eigenvalue weighted by Crippen LogP contribution is -2.44. The van der Waals surface area contributed by atoms with Crippen molar-refractivity contribution < 1.29 is 4.74 Å². The first-order chi connectivity index (χ1) is 7.88. The van der Waals surface area contributed by atoms with Crippen LogP contribution < -0.4 is 0 Å². The van der Waals surface area contributed by atoms with Gasteiger partial charge in [0, 0.05) is 19.1 Å². The molecule has 2 heteroatoms. The molecule has 0 unspecified atom stereocenters. The normalized spacial score (nSPS) is 23.6. The van der Waals surface area contributed by atoms with E-state index in [1.54, 1.807) is 0 Å². The van der Waals surface area contributed by atoms with Gasteiger partial charge >= 0.3 is 0 Å². The summed E-state index contributed by atoms with van der Waals surface area (Å²) in [4.78, 5) is 2.63. The van der Waals surface area contributed by atoms with Crippen LogP contribution >= 0.6 is 0 Å². The minimum Gasteiger partial charge on any atom is -0.379 e. The van der Waals surface area contributed by atoms with Crippen LogP contribution in [-0.4, -0.2) is 37.2 Å². The number of unbranched alkanes of at least 4 members (excludes halogenated alkanes) is 1. The SMILES string of the molecule is C1CCC(N2CCOCC2)CC1.CCCC. The third-order valence-electron chi connectivity index (χ3n) is 3.64. The molecule has 1 heterocycles. The van der Waals surface area contributed by atoms with Crippen LogP contribution in [0.25, 0.3) is 0 Å². The summed E-state index contributed by atoms with van der Waals surface area (Å²) in [6, 6.07) is 0.891. The largest absolute Gasteiger partial charge is 0.379 e. The summed E-state index contributed by atoms with van der Waals surface area (Å²) in [5.74, 6) is 0. The van der Waals surface area contributed by atoms with Gasteiger partial charge in [-0.15, -0.1) is 0 Å². The first-order valence-electron chi connectivity index (χ1n) is 7.20. The minimum absolute atomic E-state index is 0.891. The van der Waals surface area contributed by atoms with E-state index in [0.29, 0.717) is 0 Å². The van der Waals surface area contributed by atoms with Gasteiger partial charge in [0.05, 0.1) is 13.2 Å². The summed E-state index contributed by atoms with van der Waals surface area (Å²) in [7, 11) is 0. The molecule has 0 aromatic heterocycles. The molecule has 2 fully saturated rings. The third kappa shape index (κ3) is 5.31. The number of rotatable bonds is 2. The van der Waals surface area contributed by atoms with Crippen LogP contribution in [0, 0.1) is 0 Å². The molecule has 1 aliphatic heterocycles. The maximum absolute atomic E-state index is 5.35. The van der Waals surface area contributed by atoms with E-state index in [2.05, 4.69) is 18.7 Å². The fourth-order valence-corrected chi connectivity index (χ4v) is 2.39. The highest BCUT2D eigenvalue weighted by Crippen LogP contribution is 2.22. The van der Waals surface area contributed by atoms with Gasteiger partial charge in [-0.25, -0.2) is 0 Å². The van der Waals surface area contributed by atoms with Crippen molar-refractivity contribution in [1.29, 1.82) is 0 Å². The number of hydrogen-bond donors (Lipinski definition) is 0. The first-order valence-corrected chi connectivity index (χ1v) is 7.20. The zero-order valence-electron chi connectivity index (χ0n) is 11.2. The van der Waals surface area contributed by atoms with Gasteiger partial charge in [-0.3, -0.25) is 4.90 Å². The maximum atomic E-state index is 5.35. The number of ether oxygens (including phenoxy) is 1. The molecule has 1 saturated heterocycles. The van der Waals surface area contributed by atoms with Gasteiger partial charge in [0.2, 0.25) is 0 Å². The van der Waals surface area contributed by atoms with Crippen LogP contribution in [0.5, 0.6) is 0 Å². The monoisotopic (exact) mass is 227 g/mol. The molecule has 0 amide bonds. The Balaban J connectivity index is 0.000000280. The van der Waals surface area contributed by atoms with Gasteiger partial charge in [-0.2, -0.15) is 0 Å². The van der Waals surface area contributed by atoms with Crippen LogP contribution in [-0.2, 0) is 4.74 Å². The fourth-order valence-electron chi connectivity index (χ4n) is 2.39. The van der Waals surface area contributed by atoms with E-state index >= 15 is 0 Å². The Morgan fingerprint density at radius 3 is 2.00 bits per heavy atom. The van der Waals surface area contributed by atoms with Gasteiger partial charge in [0.1, 0.15) is 0 Å². The maximum Gasteiger partial charge on any atom is 0.0594 e. The van der Waals surface area contributed by atoms with E-state index in [-0.39, 0.29) is 0 Å². The zero-order valence-corrected chi connectivity index (χ0v) is 11.2. The highest BCUT2D eigenvalue weighted by molar-refractivity contribution is 4.76. The predicted molar refractivity (Wildman–Crippen MR) is 69.8 cm³/mol. The van der Waals surface area contributed by atoms with Gasteiger partial charge in [-0.05, 0) is 12.8 Å². The first kappa shape index (κ1) is 14.0. The highest BCUT2D eigenvalue weighted by atomic mass is 16.5. The minimum atomic E-state index is 0.891. The van der Waals surface area contributed by atoms with Crippen molar-refractivity contribution in [2.24, 2.45) is 0 Å². The summed E-state index contributed by atoms with van der Waals surface area (Å²) in [6.07, 6.45) is 9.85. The number of nitrogens with zero attached hydrogens (tertiary/aromatic N) is 1. The average molecular weight is 227 g/mol. The molecule has 0 atom stereocenters. The van der Waals surface area contributed by atoms with Crippen molar-refractivity contribution in [1.82, 2.24) is 4.90 Å². The van der Waals surface area contributed by atoms with Crippen molar-refractivity contribution in [3.8, 4) is 0 Å². The van der Waals surface area contributed by atoms with Gasteiger partial charge in [0.15, 0.2) is 0 Å².